The van der Waals surface area contributed by atoms with Crippen molar-refractivity contribution in [3.63, 3.8) is 0 Å². The molecule has 0 saturated heterocycles. The van der Waals surface area contributed by atoms with E-state index in [4.69, 9.17) is 5.11 Å². The molecule has 0 aliphatic carbocycles. The predicted molar refractivity (Wildman–Crippen MR) is 67.6 cm³/mol. The molecule has 2 heterocycles. The number of fused-ring (bicyclic) bond motifs is 1. The fraction of sp³-hybridized carbons (Fsp3) is 0.167. The zero-order chi connectivity index (χ0) is 13.2. The topological polar surface area (TPSA) is 85.3 Å². The molecule has 0 amide bonds. The Bertz CT molecular complexity index is 763. The predicted octanol–water partition coefficient (Wildman–Crippen LogP) is -0.0547. The van der Waals surface area contributed by atoms with Crippen LogP contribution in [0.4, 0.5) is 0 Å². The molecule has 0 fully saturated rings. The Hall–Kier alpha value is -2.54. The van der Waals surface area contributed by atoms with Crippen molar-refractivity contribution < 1.29 is 5.11 Å². The maximum absolute atomic E-state index is 12.4. The molecule has 0 unspecified atom stereocenters. The zero-order valence-corrected chi connectivity index (χ0v) is 9.97. The van der Waals surface area contributed by atoms with Gasteiger partial charge in [-0.2, -0.15) is 9.61 Å². The molecule has 0 bridgehead atoms. The third-order valence-electron chi connectivity index (χ3n) is 2.78. The SMILES string of the molecule is O=c1c(-c2ccccc2)nn2cnnc2n1CCO. The maximum atomic E-state index is 12.4. The van der Waals surface area contributed by atoms with E-state index in [1.54, 1.807) is 0 Å². The highest BCUT2D eigenvalue weighted by Gasteiger charge is 2.13. The van der Waals surface area contributed by atoms with Crippen molar-refractivity contribution in [2.24, 2.45) is 0 Å². The Balaban J connectivity index is 2.31. The van der Waals surface area contributed by atoms with E-state index >= 15 is 0 Å². The van der Waals surface area contributed by atoms with Crippen LogP contribution in [0.15, 0.2) is 41.5 Å². The highest BCUT2D eigenvalue weighted by atomic mass is 16.3. The second-order valence-electron chi connectivity index (χ2n) is 3.97. The van der Waals surface area contributed by atoms with Gasteiger partial charge in [0.15, 0.2) is 5.69 Å². The summed E-state index contributed by atoms with van der Waals surface area (Å²) in [6, 6.07) is 9.16. The molecule has 7 heteroatoms. The summed E-state index contributed by atoms with van der Waals surface area (Å²) in [5.74, 6) is 0.318. The van der Waals surface area contributed by atoms with Crippen LogP contribution in [0.25, 0.3) is 17.0 Å². The molecule has 0 spiro atoms. The molecule has 3 rings (SSSR count). The van der Waals surface area contributed by atoms with Crippen LogP contribution in [0.5, 0.6) is 0 Å². The van der Waals surface area contributed by atoms with E-state index in [9.17, 15) is 4.79 Å². The number of aromatic nitrogens is 5. The largest absolute Gasteiger partial charge is 0.395 e. The van der Waals surface area contributed by atoms with E-state index in [1.165, 1.54) is 15.4 Å². The van der Waals surface area contributed by atoms with E-state index in [2.05, 4.69) is 15.3 Å². The maximum Gasteiger partial charge on any atom is 0.281 e. The minimum Gasteiger partial charge on any atom is -0.395 e. The van der Waals surface area contributed by atoms with Crippen molar-refractivity contribution in [1.82, 2.24) is 24.4 Å². The lowest BCUT2D eigenvalue weighted by atomic mass is 10.2. The van der Waals surface area contributed by atoms with E-state index in [0.717, 1.165) is 5.56 Å². The first kappa shape index (κ1) is 11.5. The van der Waals surface area contributed by atoms with Crippen LogP contribution in [0.3, 0.4) is 0 Å². The number of benzene rings is 1. The van der Waals surface area contributed by atoms with Crippen molar-refractivity contribution in [3.8, 4) is 11.3 Å². The molecule has 0 radical (unpaired) electrons. The fourth-order valence-electron chi connectivity index (χ4n) is 1.92. The van der Waals surface area contributed by atoms with Gasteiger partial charge in [0.1, 0.15) is 6.33 Å². The molecular weight excluding hydrogens is 246 g/mol. The average Bonchev–Trinajstić information content (AvgIpc) is 2.91. The van der Waals surface area contributed by atoms with Gasteiger partial charge in [-0.1, -0.05) is 30.3 Å². The molecule has 96 valence electrons. The molecule has 1 N–H and O–H groups in total. The minimum absolute atomic E-state index is 0.152. The standard InChI is InChI=1S/C12H11N5O2/c18-7-6-16-11(19)10(9-4-2-1-3-5-9)15-17-8-13-14-12(16)17/h1-5,8,18H,6-7H2. The normalized spacial score (nSPS) is 11.0. The van der Waals surface area contributed by atoms with Gasteiger partial charge in [0.05, 0.1) is 13.2 Å². The summed E-state index contributed by atoms with van der Waals surface area (Å²) in [6.07, 6.45) is 1.43. The number of rotatable bonds is 3. The summed E-state index contributed by atoms with van der Waals surface area (Å²) in [5.41, 5.74) is 0.733. The van der Waals surface area contributed by atoms with Crippen molar-refractivity contribution in [2.75, 3.05) is 6.61 Å². The Morgan fingerprint density at radius 3 is 2.74 bits per heavy atom. The molecular formula is C12H11N5O2. The first-order valence-electron chi connectivity index (χ1n) is 5.78. The number of hydrogen-bond donors (Lipinski definition) is 1. The molecule has 2 aromatic heterocycles. The van der Waals surface area contributed by atoms with Gasteiger partial charge in [0.2, 0.25) is 0 Å². The van der Waals surface area contributed by atoms with Crippen molar-refractivity contribution in [3.05, 3.63) is 47.0 Å². The fourth-order valence-corrected chi connectivity index (χ4v) is 1.92. The lowest BCUT2D eigenvalue weighted by Gasteiger charge is -2.07. The van der Waals surface area contributed by atoms with Gasteiger partial charge in [-0.05, 0) is 0 Å². The molecule has 0 aliphatic rings. The second kappa shape index (κ2) is 4.62. The Labute approximate surface area is 107 Å². The van der Waals surface area contributed by atoms with Crippen LogP contribution in [0.1, 0.15) is 0 Å². The molecule has 3 aromatic rings. The van der Waals surface area contributed by atoms with Gasteiger partial charge in [-0.25, -0.2) is 0 Å². The third-order valence-corrected chi connectivity index (χ3v) is 2.78. The Morgan fingerprint density at radius 1 is 1.21 bits per heavy atom. The van der Waals surface area contributed by atoms with Crippen molar-refractivity contribution in [2.45, 2.75) is 6.54 Å². The van der Waals surface area contributed by atoms with Gasteiger partial charge in [0, 0.05) is 5.56 Å². The molecule has 1 aromatic carbocycles. The number of aliphatic hydroxyl groups is 1. The summed E-state index contributed by atoms with van der Waals surface area (Å²) in [6.45, 7) is 0.00402. The Morgan fingerprint density at radius 2 is 2.00 bits per heavy atom. The molecule has 19 heavy (non-hydrogen) atoms. The summed E-state index contributed by atoms with van der Waals surface area (Å²) >= 11 is 0. The van der Waals surface area contributed by atoms with Gasteiger partial charge in [-0.15, -0.1) is 10.2 Å². The Kier molecular flexibility index (Phi) is 2.81. The lowest BCUT2D eigenvalue weighted by Crippen LogP contribution is -2.27. The highest BCUT2D eigenvalue weighted by molar-refractivity contribution is 5.58. The first-order chi connectivity index (χ1) is 9.31. The van der Waals surface area contributed by atoms with Crippen LogP contribution in [-0.4, -0.2) is 36.1 Å². The zero-order valence-electron chi connectivity index (χ0n) is 9.97. The minimum atomic E-state index is -0.291. The van der Waals surface area contributed by atoms with Crippen molar-refractivity contribution in [1.29, 1.82) is 0 Å². The molecule has 0 saturated carbocycles. The highest BCUT2D eigenvalue weighted by Crippen LogP contribution is 2.12. The van der Waals surface area contributed by atoms with Gasteiger partial charge in [-0.3, -0.25) is 9.36 Å². The van der Waals surface area contributed by atoms with Gasteiger partial charge < -0.3 is 5.11 Å². The summed E-state index contributed by atoms with van der Waals surface area (Å²) in [4.78, 5) is 12.4. The van der Waals surface area contributed by atoms with Gasteiger partial charge >= 0.3 is 0 Å². The molecule has 0 aliphatic heterocycles. The molecule has 0 atom stereocenters. The number of hydrogen-bond acceptors (Lipinski definition) is 5. The monoisotopic (exact) mass is 257 g/mol. The average molecular weight is 257 g/mol. The molecule has 7 nitrogen and oxygen atoms in total. The van der Waals surface area contributed by atoms with E-state index in [0.29, 0.717) is 11.5 Å². The quantitative estimate of drug-likeness (QED) is 0.710. The third kappa shape index (κ3) is 1.89. The van der Waals surface area contributed by atoms with Crippen LogP contribution < -0.4 is 5.56 Å². The van der Waals surface area contributed by atoms with Crippen molar-refractivity contribution >= 4 is 5.78 Å². The first-order valence-corrected chi connectivity index (χ1v) is 5.78. The number of aliphatic hydroxyl groups excluding tert-OH is 1. The van der Waals surface area contributed by atoms with Crippen LogP contribution in [0, 0.1) is 0 Å². The second-order valence-corrected chi connectivity index (χ2v) is 3.97. The van der Waals surface area contributed by atoms with Crippen LogP contribution in [0.2, 0.25) is 0 Å². The van der Waals surface area contributed by atoms with E-state index in [-0.39, 0.29) is 18.7 Å². The van der Waals surface area contributed by atoms with E-state index < -0.39 is 0 Å². The summed E-state index contributed by atoms with van der Waals surface area (Å²) in [7, 11) is 0. The van der Waals surface area contributed by atoms with Crippen LogP contribution in [-0.2, 0) is 6.54 Å². The van der Waals surface area contributed by atoms with E-state index in [1.807, 2.05) is 30.3 Å². The summed E-state index contributed by atoms with van der Waals surface area (Å²) in [5, 5.41) is 20.9. The number of nitrogens with zero attached hydrogens (tertiary/aromatic N) is 5. The van der Waals surface area contributed by atoms with Crippen LogP contribution >= 0.6 is 0 Å². The van der Waals surface area contributed by atoms with Gasteiger partial charge in [0.25, 0.3) is 11.3 Å². The lowest BCUT2D eigenvalue weighted by molar-refractivity contribution is 0.275. The smallest absolute Gasteiger partial charge is 0.281 e. The summed E-state index contributed by atoms with van der Waals surface area (Å²) < 4.78 is 2.79.